The summed E-state index contributed by atoms with van der Waals surface area (Å²) in [6.45, 7) is 3.18. The van der Waals surface area contributed by atoms with Crippen molar-refractivity contribution in [1.82, 2.24) is 5.32 Å². The van der Waals surface area contributed by atoms with Crippen molar-refractivity contribution in [2.45, 2.75) is 13.3 Å². The van der Waals surface area contributed by atoms with Gasteiger partial charge in [0.05, 0.1) is 20.1 Å². The molecule has 0 atom stereocenters. The highest BCUT2D eigenvalue weighted by molar-refractivity contribution is 5.81. The number of methoxy groups -OCH3 is 1. The molecule has 0 aromatic rings. The Morgan fingerprint density at radius 1 is 1.40 bits per heavy atom. The quantitative estimate of drug-likeness (QED) is 0.375. The molecule has 0 spiro atoms. The van der Waals surface area contributed by atoms with E-state index in [9.17, 15) is 9.59 Å². The molecule has 0 rings (SSSR count). The number of esters is 2. The summed E-state index contributed by atoms with van der Waals surface area (Å²) in [5.41, 5.74) is 0. The van der Waals surface area contributed by atoms with Gasteiger partial charge in [-0.2, -0.15) is 0 Å². The third-order valence-corrected chi connectivity index (χ3v) is 1.54. The highest BCUT2D eigenvalue weighted by atomic mass is 16.5. The van der Waals surface area contributed by atoms with Gasteiger partial charge in [-0.3, -0.25) is 4.79 Å². The van der Waals surface area contributed by atoms with Gasteiger partial charge in [0.15, 0.2) is 0 Å². The number of rotatable bonds is 7. The van der Waals surface area contributed by atoms with E-state index in [0.717, 1.165) is 0 Å². The van der Waals surface area contributed by atoms with Crippen LogP contribution in [0.1, 0.15) is 13.3 Å². The largest absolute Gasteiger partial charge is 0.469 e. The van der Waals surface area contributed by atoms with E-state index in [0.29, 0.717) is 26.1 Å². The minimum Gasteiger partial charge on any atom is -0.469 e. The number of ether oxygens (including phenoxy) is 2. The van der Waals surface area contributed by atoms with Crippen molar-refractivity contribution >= 4 is 11.9 Å². The highest BCUT2D eigenvalue weighted by Gasteiger charge is 1.97. The average molecular weight is 215 g/mol. The number of hydrogen-bond acceptors (Lipinski definition) is 5. The SMILES string of the molecule is CCOC(=O)/C=C/CNCCC(=O)OC. The molecule has 86 valence electrons. The van der Waals surface area contributed by atoms with Gasteiger partial charge in [0.1, 0.15) is 0 Å². The fraction of sp³-hybridized carbons (Fsp3) is 0.600. The van der Waals surface area contributed by atoms with Crippen molar-refractivity contribution in [3.05, 3.63) is 12.2 Å². The van der Waals surface area contributed by atoms with Crippen LogP contribution in [0.25, 0.3) is 0 Å². The monoisotopic (exact) mass is 215 g/mol. The maximum Gasteiger partial charge on any atom is 0.330 e. The predicted molar refractivity (Wildman–Crippen MR) is 55.3 cm³/mol. The van der Waals surface area contributed by atoms with Gasteiger partial charge in [0.2, 0.25) is 0 Å². The lowest BCUT2D eigenvalue weighted by molar-refractivity contribution is -0.140. The topological polar surface area (TPSA) is 64.6 Å². The number of nitrogens with one attached hydrogen (secondary N) is 1. The maximum atomic E-state index is 10.8. The van der Waals surface area contributed by atoms with Gasteiger partial charge >= 0.3 is 11.9 Å². The molecule has 5 nitrogen and oxygen atoms in total. The van der Waals surface area contributed by atoms with E-state index >= 15 is 0 Å². The zero-order valence-electron chi connectivity index (χ0n) is 9.12. The summed E-state index contributed by atoms with van der Waals surface area (Å²) in [5.74, 6) is -0.607. The van der Waals surface area contributed by atoms with Crippen molar-refractivity contribution in [3.8, 4) is 0 Å². The van der Waals surface area contributed by atoms with Gasteiger partial charge < -0.3 is 14.8 Å². The molecular weight excluding hydrogens is 198 g/mol. The zero-order valence-corrected chi connectivity index (χ0v) is 9.12. The van der Waals surface area contributed by atoms with Gasteiger partial charge in [-0.15, -0.1) is 0 Å². The van der Waals surface area contributed by atoms with E-state index in [1.165, 1.54) is 13.2 Å². The normalized spacial score (nSPS) is 10.3. The Morgan fingerprint density at radius 3 is 2.73 bits per heavy atom. The fourth-order valence-electron chi connectivity index (χ4n) is 0.823. The standard InChI is InChI=1S/C10H17NO4/c1-3-15-10(13)5-4-7-11-8-6-9(12)14-2/h4-5,11H,3,6-8H2,1-2H3/b5-4+. The summed E-state index contributed by atoms with van der Waals surface area (Å²) in [6.07, 6.45) is 3.33. The number of carbonyl (C=O) groups is 2. The van der Waals surface area contributed by atoms with E-state index in [1.807, 2.05) is 0 Å². The minimum atomic E-state index is -0.354. The second-order valence-electron chi connectivity index (χ2n) is 2.68. The first kappa shape index (κ1) is 13.6. The molecule has 0 aliphatic carbocycles. The Hall–Kier alpha value is -1.36. The molecule has 0 saturated carbocycles. The highest BCUT2D eigenvalue weighted by Crippen LogP contribution is 1.82. The number of hydrogen-bond donors (Lipinski definition) is 1. The smallest absolute Gasteiger partial charge is 0.330 e. The van der Waals surface area contributed by atoms with Crippen LogP contribution in [-0.4, -0.2) is 38.7 Å². The van der Waals surface area contributed by atoms with Gasteiger partial charge in [-0.05, 0) is 6.92 Å². The third kappa shape index (κ3) is 8.96. The van der Waals surface area contributed by atoms with E-state index in [-0.39, 0.29) is 11.9 Å². The molecule has 0 unspecified atom stereocenters. The molecule has 15 heavy (non-hydrogen) atoms. The van der Waals surface area contributed by atoms with Crippen LogP contribution in [0, 0.1) is 0 Å². The van der Waals surface area contributed by atoms with E-state index in [4.69, 9.17) is 0 Å². The van der Waals surface area contributed by atoms with Crippen LogP contribution >= 0.6 is 0 Å². The lowest BCUT2D eigenvalue weighted by atomic mass is 10.4. The van der Waals surface area contributed by atoms with Crippen LogP contribution in [-0.2, 0) is 19.1 Å². The molecule has 5 heteroatoms. The zero-order chi connectivity index (χ0) is 11.5. The molecule has 0 amide bonds. The van der Waals surface area contributed by atoms with Gasteiger partial charge in [0.25, 0.3) is 0 Å². The molecule has 0 heterocycles. The van der Waals surface area contributed by atoms with Gasteiger partial charge in [0, 0.05) is 19.2 Å². The molecule has 0 radical (unpaired) electrons. The van der Waals surface area contributed by atoms with Crippen LogP contribution in [0.2, 0.25) is 0 Å². The Morgan fingerprint density at radius 2 is 2.13 bits per heavy atom. The lowest BCUT2D eigenvalue weighted by Crippen LogP contribution is -2.19. The Labute approximate surface area is 89.4 Å². The fourth-order valence-corrected chi connectivity index (χ4v) is 0.823. The minimum absolute atomic E-state index is 0.253. The average Bonchev–Trinajstić information content (AvgIpc) is 2.23. The van der Waals surface area contributed by atoms with E-state index < -0.39 is 0 Å². The Kier molecular flexibility index (Phi) is 8.37. The molecule has 0 bridgehead atoms. The molecule has 1 N–H and O–H groups in total. The van der Waals surface area contributed by atoms with Crippen molar-refractivity contribution in [2.24, 2.45) is 0 Å². The first-order valence-electron chi connectivity index (χ1n) is 4.81. The summed E-state index contributed by atoms with van der Waals surface area (Å²) >= 11 is 0. The second-order valence-corrected chi connectivity index (χ2v) is 2.68. The summed E-state index contributed by atoms with van der Waals surface area (Å²) < 4.78 is 9.13. The molecule has 0 fully saturated rings. The summed E-state index contributed by atoms with van der Waals surface area (Å²) in [5, 5.41) is 2.95. The third-order valence-electron chi connectivity index (χ3n) is 1.54. The summed E-state index contributed by atoms with van der Waals surface area (Å²) in [4.78, 5) is 21.5. The maximum absolute atomic E-state index is 10.8. The molecular formula is C10H17NO4. The molecule has 0 aromatic carbocycles. The first-order chi connectivity index (χ1) is 7.20. The van der Waals surface area contributed by atoms with Crippen molar-refractivity contribution in [2.75, 3.05) is 26.8 Å². The van der Waals surface area contributed by atoms with Gasteiger partial charge in [-0.25, -0.2) is 4.79 Å². The first-order valence-corrected chi connectivity index (χ1v) is 4.81. The Balaban J connectivity index is 3.38. The van der Waals surface area contributed by atoms with Crippen LogP contribution in [0.4, 0.5) is 0 Å². The Bertz CT molecular complexity index is 225. The lowest BCUT2D eigenvalue weighted by Gasteiger charge is -1.99. The van der Waals surface area contributed by atoms with Crippen LogP contribution in [0.3, 0.4) is 0 Å². The van der Waals surface area contributed by atoms with Gasteiger partial charge in [-0.1, -0.05) is 6.08 Å². The molecule has 0 aliphatic rings. The van der Waals surface area contributed by atoms with Crippen LogP contribution in [0.15, 0.2) is 12.2 Å². The van der Waals surface area contributed by atoms with Crippen molar-refractivity contribution in [1.29, 1.82) is 0 Å². The van der Waals surface area contributed by atoms with Crippen molar-refractivity contribution in [3.63, 3.8) is 0 Å². The summed E-state index contributed by atoms with van der Waals surface area (Å²) in [7, 11) is 1.35. The molecule has 0 aliphatic heterocycles. The molecule has 0 aromatic heterocycles. The second kappa shape index (κ2) is 9.21. The predicted octanol–water partition coefficient (Wildman–Crippen LogP) is 0.258. The van der Waals surface area contributed by atoms with E-state index in [1.54, 1.807) is 13.0 Å². The molecule has 0 saturated heterocycles. The van der Waals surface area contributed by atoms with Crippen LogP contribution in [0.5, 0.6) is 0 Å². The van der Waals surface area contributed by atoms with Crippen molar-refractivity contribution < 1.29 is 19.1 Å². The van der Waals surface area contributed by atoms with Crippen LogP contribution < -0.4 is 5.32 Å². The summed E-state index contributed by atoms with van der Waals surface area (Å²) in [6, 6.07) is 0. The number of carbonyl (C=O) groups excluding carboxylic acids is 2. The van der Waals surface area contributed by atoms with E-state index in [2.05, 4.69) is 14.8 Å².